The van der Waals surface area contributed by atoms with Crippen LogP contribution in [0.1, 0.15) is 23.7 Å². The van der Waals surface area contributed by atoms with Gasteiger partial charge in [0.1, 0.15) is 5.75 Å². The van der Waals surface area contributed by atoms with Crippen molar-refractivity contribution in [1.82, 2.24) is 4.90 Å². The second-order valence-corrected chi connectivity index (χ2v) is 6.38. The molecule has 3 rings (SSSR count). The quantitative estimate of drug-likeness (QED) is 0.861. The monoisotopic (exact) mass is 354 g/mol. The number of amides is 1. The van der Waals surface area contributed by atoms with Gasteiger partial charge in [-0.2, -0.15) is 0 Å². The number of ether oxygens (including phenoxy) is 1. The molecule has 6 heteroatoms. The zero-order chi connectivity index (χ0) is 18.7. The van der Waals surface area contributed by atoms with Gasteiger partial charge in [-0.05, 0) is 37.6 Å². The molecule has 2 aromatic rings. The Bertz CT molecular complexity index is 821. The van der Waals surface area contributed by atoms with Gasteiger partial charge < -0.3 is 20.1 Å². The number of aliphatic carboxylic acids is 1. The van der Waals surface area contributed by atoms with Gasteiger partial charge in [0.15, 0.2) is 0 Å². The Balaban J connectivity index is 1.85. The number of benzene rings is 2. The maximum atomic E-state index is 13.0. The molecule has 1 saturated heterocycles. The summed E-state index contributed by atoms with van der Waals surface area (Å²) in [7, 11) is 1.60. The van der Waals surface area contributed by atoms with Gasteiger partial charge in [-0.3, -0.25) is 9.59 Å². The van der Waals surface area contributed by atoms with Gasteiger partial charge in [-0.15, -0.1) is 0 Å². The summed E-state index contributed by atoms with van der Waals surface area (Å²) in [6, 6.07) is 14.4. The molecule has 136 valence electrons. The van der Waals surface area contributed by atoms with E-state index in [9.17, 15) is 14.7 Å². The van der Waals surface area contributed by atoms with Gasteiger partial charge in [0, 0.05) is 24.3 Å². The van der Waals surface area contributed by atoms with E-state index in [1.807, 2.05) is 36.4 Å². The highest BCUT2D eigenvalue weighted by molar-refractivity contribution is 6.01. The number of carbonyl (C=O) groups excluding carboxylic acids is 1. The Kier molecular flexibility index (Phi) is 5.11. The summed E-state index contributed by atoms with van der Waals surface area (Å²) in [5.41, 5.74) is 2.01. The predicted octanol–water partition coefficient (Wildman–Crippen LogP) is 3.37. The van der Waals surface area contributed by atoms with Crippen LogP contribution in [0.4, 0.5) is 11.4 Å². The fourth-order valence-electron chi connectivity index (χ4n) is 3.35. The smallest absolute Gasteiger partial charge is 0.308 e. The number of carbonyl (C=O) groups is 2. The van der Waals surface area contributed by atoms with Crippen LogP contribution in [0.25, 0.3) is 0 Å². The number of hydrogen-bond donors (Lipinski definition) is 2. The molecule has 0 aliphatic carbocycles. The molecule has 26 heavy (non-hydrogen) atoms. The van der Waals surface area contributed by atoms with E-state index < -0.39 is 11.9 Å². The standard InChI is InChI=1S/C20H22N2O4/c1-13-16(20(24)25)10-11-22(13)19(23)17-8-3-4-9-18(17)21-14-6-5-7-15(12-14)26-2/h3-9,12-13,16,21H,10-11H2,1-2H3,(H,24,25). The van der Waals surface area contributed by atoms with Crippen molar-refractivity contribution in [3.8, 4) is 5.75 Å². The van der Waals surface area contributed by atoms with E-state index >= 15 is 0 Å². The summed E-state index contributed by atoms with van der Waals surface area (Å²) in [6.07, 6.45) is 0.480. The van der Waals surface area contributed by atoms with Gasteiger partial charge in [0.05, 0.1) is 24.3 Å². The van der Waals surface area contributed by atoms with E-state index in [1.165, 1.54) is 0 Å². The lowest BCUT2D eigenvalue weighted by Crippen LogP contribution is -2.37. The van der Waals surface area contributed by atoms with Crippen molar-refractivity contribution in [3.63, 3.8) is 0 Å². The highest BCUT2D eigenvalue weighted by Crippen LogP contribution is 2.29. The SMILES string of the molecule is COc1cccc(Nc2ccccc2C(=O)N2CCC(C(=O)O)C2C)c1. The number of nitrogens with zero attached hydrogens (tertiary/aromatic N) is 1. The number of nitrogens with one attached hydrogen (secondary N) is 1. The van der Waals surface area contributed by atoms with Gasteiger partial charge in [-0.25, -0.2) is 0 Å². The molecule has 2 aromatic carbocycles. The first-order chi connectivity index (χ1) is 12.5. The minimum atomic E-state index is -0.851. The topological polar surface area (TPSA) is 78.9 Å². The lowest BCUT2D eigenvalue weighted by molar-refractivity contribution is -0.142. The summed E-state index contributed by atoms with van der Waals surface area (Å²) in [5.74, 6) is -0.809. The molecule has 2 atom stereocenters. The minimum Gasteiger partial charge on any atom is -0.497 e. The molecule has 0 radical (unpaired) electrons. The van der Waals surface area contributed by atoms with Crippen molar-refractivity contribution < 1.29 is 19.4 Å². The molecular formula is C20H22N2O4. The first-order valence-corrected chi connectivity index (χ1v) is 8.55. The summed E-state index contributed by atoms with van der Waals surface area (Å²) in [6.45, 7) is 2.24. The predicted molar refractivity (Wildman–Crippen MR) is 99.0 cm³/mol. The highest BCUT2D eigenvalue weighted by Gasteiger charge is 2.38. The Hall–Kier alpha value is -3.02. The summed E-state index contributed by atoms with van der Waals surface area (Å²) < 4.78 is 5.23. The number of methoxy groups -OCH3 is 1. The zero-order valence-electron chi connectivity index (χ0n) is 14.8. The first-order valence-electron chi connectivity index (χ1n) is 8.55. The number of hydrogen-bond acceptors (Lipinski definition) is 4. The minimum absolute atomic E-state index is 0.160. The van der Waals surface area contributed by atoms with Gasteiger partial charge in [-0.1, -0.05) is 18.2 Å². The van der Waals surface area contributed by atoms with Crippen molar-refractivity contribution >= 4 is 23.3 Å². The maximum Gasteiger partial charge on any atom is 0.308 e. The van der Waals surface area contributed by atoms with Crippen LogP contribution < -0.4 is 10.1 Å². The van der Waals surface area contributed by atoms with Gasteiger partial charge in [0.25, 0.3) is 5.91 Å². The molecule has 2 N–H and O–H groups in total. The van der Waals surface area contributed by atoms with Crippen molar-refractivity contribution in [3.05, 3.63) is 54.1 Å². The molecule has 0 saturated carbocycles. The molecule has 1 aliphatic heterocycles. The van der Waals surface area contributed by atoms with Gasteiger partial charge in [0.2, 0.25) is 0 Å². The Morgan fingerprint density at radius 1 is 1.19 bits per heavy atom. The van der Waals surface area contributed by atoms with Crippen LogP contribution in [-0.2, 0) is 4.79 Å². The van der Waals surface area contributed by atoms with Crippen molar-refractivity contribution in [2.24, 2.45) is 5.92 Å². The fraction of sp³-hybridized carbons (Fsp3) is 0.300. The normalized spacial score (nSPS) is 19.2. The lowest BCUT2D eigenvalue weighted by atomic mass is 10.0. The van der Waals surface area contributed by atoms with E-state index in [2.05, 4.69) is 5.32 Å². The number of anilines is 2. The third-order valence-corrected chi connectivity index (χ3v) is 4.84. The van der Waals surface area contributed by atoms with Crippen LogP contribution >= 0.6 is 0 Å². The van der Waals surface area contributed by atoms with Crippen molar-refractivity contribution in [2.75, 3.05) is 19.0 Å². The molecule has 6 nitrogen and oxygen atoms in total. The lowest BCUT2D eigenvalue weighted by Gasteiger charge is -2.24. The molecule has 1 heterocycles. The van der Waals surface area contributed by atoms with Crippen LogP contribution in [0, 0.1) is 5.92 Å². The van der Waals surface area contributed by atoms with Crippen LogP contribution in [0.2, 0.25) is 0 Å². The third-order valence-electron chi connectivity index (χ3n) is 4.84. The maximum absolute atomic E-state index is 13.0. The highest BCUT2D eigenvalue weighted by atomic mass is 16.5. The van der Waals surface area contributed by atoms with E-state index in [1.54, 1.807) is 31.1 Å². The number of likely N-dealkylation sites (tertiary alicyclic amines) is 1. The van der Waals surface area contributed by atoms with Crippen LogP contribution in [0.3, 0.4) is 0 Å². The summed E-state index contributed by atoms with van der Waals surface area (Å²) in [5, 5.41) is 12.5. The molecule has 1 aliphatic rings. The van der Waals surface area contributed by atoms with Crippen molar-refractivity contribution in [2.45, 2.75) is 19.4 Å². The Labute approximate surface area is 152 Å². The molecule has 1 amide bonds. The van der Waals surface area contributed by atoms with E-state index in [4.69, 9.17) is 4.74 Å². The molecule has 0 bridgehead atoms. The molecule has 0 spiro atoms. The van der Waals surface area contributed by atoms with Crippen molar-refractivity contribution in [1.29, 1.82) is 0 Å². The van der Waals surface area contributed by atoms with Crippen LogP contribution in [-0.4, -0.2) is 41.6 Å². The third kappa shape index (κ3) is 3.49. The summed E-state index contributed by atoms with van der Waals surface area (Å²) >= 11 is 0. The largest absolute Gasteiger partial charge is 0.497 e. The Morgan fingerprint density at radius 3 is 2.65 bits per heavy atom. The molecule has 0 aromatic heterocycles. The average molecular weight is 354 g/mol. The first kappa shape index (κ1) is 17.8. The molecule has 2 unspecified atom stereocenters. The second kappa shape index (κ2) is 7.47. The van der Waals surface area contributed by atoms with E-state index in [-0.39, 0.29) is 11.9 Å². The molecular weight excluding hydrogens is 332 g/mol. The number of para-hydroxylation sites is 1. The number of carboxylic acid groups (broad SMARTS) is 1. The second-order valence-electron chi connectivity index (χ2n) is 6.38. The van der Waals surface area contributed by atoms with E-state index in [0.717, 1.165) is 11.4 Å². The molecule has 1 fully saturated rings. The zero-order valence-corrected chi connectivity index (χ0v) is 14.8. The van der Waals surface area contributed by atoms with Crippen LogP contribution in [0.5, 0.6) is 5.75 Å². The summed E-state index contributed by atoms with van der Waals surface area (Å²) in [4.78, 5) is 26.0. The van der Waals surface area contributed by atoms with Gasteiger partial charge >= 0.3 is 5.97 Å². The fourth-order valence-corrected chi connectivity index (χ4v) is 3.35. The Morgan fingerprint density at radius 2 is 1.96 bits per heavy atom. The van der Waals surface area contributed by atoms with Crippen LogP contribution in [0.15, 0.2) is 48.5 Å². The van der Waals surface area contributed by atoms with E-state index in [0.29, 0.717) is 24.2 Å². The average Bonchev–Trinajstić information content (AvgIpc) is 3.03. The number of rotatable bonds is 5. The number of carboxylic acids is 1.